The van der Waals surface area contributed by atoms with E-state index in [-0.39, 0.29) is 23.3 Å². The van der Waals surface area contributed by atoms with Crippen LogP contribution in [0.1, 0.15) is 27.0 Å². The Morgan fingerprint density at radius 2 is 2.21 bits per heavy atom. The van der Waals surface area contributed by atoms with E-state index in [1.54, 1.807) is 13.0 Å². The van der Waals surface area contributed by atoms with Gasteiger partial charge in [0.25, 0.3) is 0 Å². The van der Waals surface area contributed by atoms with Crippen LogP contribution in [0.4, 0.5) is 0 Å². The molecule has 0 aliphatic heterocycles. The predicted molar refractivity (Wildman–Crippen MR) is 48.8 cm³/mol. The Morgan fingerprint density at radius 1 is 1.57 bits per heavy atom. The van der Waals surface area contributed by atoms with Crippen molar-refractivity contribution < 1.29 is 15.0 Å². The third-order valence-electron chi connectivity index (χ3n) is 2.00. The number of aliphatic hydroxyl groups is 1. The number of nitriles is 1. The molecule has 2 N–H and O–H groups in total. The molecule has 0 aromatic heterocycles. The summed E-state index contributed by atoms with van der Waals surface area (Å²) in [6.07, 6.45) is 0. The molecule has 1 aromatic carbocycles. The van der Waals surface area contributed by atoms with Gasteiger partial charge in [-0.25, -0.2) is 4.79 Å². The van der Waals surface area contributed by atoms with E-state index in [0.717, 1.165) is 0 Å². The molecule has 0 saturated heterocycles. The smallest absolute Gasteiger partial charge is 0.337 e. The SMILES string of the molecule is Cc1ccc(CO)c(C(=O)O)c1C#N. The van der Waals surface area contributed by atoms with Crippen molar-refractivity contribution in [2.24, 2.45) is 0 Å². The lowest BCUT2D eigenvalue weighted by atomic mass is 9.98. The van der Waals surface area contributed by atoms with Gasteiger partial charge in [0.2, 0.25) is 0 Å². The molecule has 0 spiro atoms. The van der Waals surface area contributed by atoms with E-state index in [1.165, 1.54) is 6.07 Å². The first-order valence-electron chi connectivity index (χ1n) is 3.98. The molecule has 0 fully saturated rings. The normalized spacial score (nSPS) is 9.50. The zero-order chi connectivity index (χ0) is 10.7. The Balaban J connectivity index is 3.54. The molecule has 0 amide bonds. The minimum atomic E-state index is -1.19. The molecule has 1 aromatic rings. The second kappa shape index (κ2) is 3.90. The van der Waals surface area contributed by atoms with Gasteiger partial charge in [0.05, 0.1) is 17.7 Å². The summed E-state index contributed by atoms with van der Waals surface area (Å²) in [7, 11) is 0. The third-order valence-corrected chi connectivity index (χ3v) is 2.00. The number of carboxylic acid groups (broad SMARTS) is 1. The summed E-state index contributed by atoms with van der Waals surface area (Å²) >= 11 is 0. The Labute approximate surface area is 81.0 Å². The van der Waals surface area contributed by atoms with E-state index in [4.69, 9.17) is 15.5 Å². The topological polar surface area (TPSA) is 81.3 Å². The number of benzene rings is 1. The molecule has 4 heteroatoms. The Bertz CT molecular complexity index is 418. The van der Waals surface area contributed by atoms with Crippen molar-refractivity contribution in [1.29, 1.82) is 5.26 Å². The average molecular weight is 191 g/mol. The zero-order valence-corrected chi connectivity index (χ0v) is 7.61. The summed E-state index contributed by atoms with van der Waals surface area (Å²) in [5.74, 6) is -1.19. The van der Waals surface area contributed by atoms with Gasteiger partial charge in [-0.1, -0.05) is 12.1 Å². The molecule has 0 radical (unpaired) electrons. The first-order chi connectivity index (χ1) is 6.61. The Hall–Kier alpha value is -1.86. The maximum atomic E-state index is 10.9. The zero-order valence-electron chi connectivity index (χ0n) is 7.61. The molecule has 0 atom stereocenters. The summed E-state index contributed by atoms with van der Waals surface area (Å²) in [5, 5.41) is 26.5. The van der Waals surface area contributed by atoms with Crippen molar-refractivity contribution in [3.05, 3.63) is 34.4 Å². The highest BCUT2D eigenvalue weighted by molar-refractivity contribution is 5.92. The van der Waals surface area contributed by atoms with Gasteiger partial charge in [-0.05, 0) is 18.1 Å². The third kappa shape index (κ3) is 1.58. The first-order valence-corrected chi connectivity index (χ1v) is 3.98. The van der Waals surface area contributed by atoms with Gasteiger partial charge in [-0.3, -0.25) is 0 Å². The molecule has 0 aliphatic rings. The lowest BCUT2D eigenvalue weighted by Crippen LogP contribution is -2.07. The lowest BCUT2D eigenvalue weighted by molar-refractivity contribution is 0.0693. The summed E-state index contributed by atoms with van der Waals surface area (Å²) in [4.78, 5) is 10.9. The quantitative estimate of drug-likeness (QED) is 0.732. The minimum absolute atomic E-state index is 0.102. The van der Waals surface area contributed by atoms with Crippen LogP contribution in [0.25, 0.3) is 0 Å². The van der Waals surface area contributed by atoms with E-state index in [0.29, 0.717) is 5.56 Å². The molecule has 0 aliphatic carbocycles. The van der Waals surface area contributed by atoms with Crippen LogP contribution in [-0.2, 0) is 6.61 Å². The van der Waals surface area contributed by atoms with Crippen molar-refractivity contribution in [2.45, 2.75) is 13.5 Å². The van der Waals surface area contributed by atoms with Crippen LogP contribution in [0.15, 0.2) is 12.1 Å². The number of rotatable bonds is 2. The fourth-order valence-corrected chi connectivity index (χ4v) is 1.27. The Kier molecular flexibility index (Phi) is 2.85. The number of hydrogen-bond acceptors (Lipinski definition) is 3. The van der Waals surface area contributed by atoms with Gasteiger partial charge in [-0.2, -0.15) is 5.26 Å². The summed E-state index contributed by atoms with van der Waals surface area (Å²) in [5.41, 5.74) is 0.876. The van der Waals surface area contributed by atoms with Crippen molar-refractivity contribution in [1.82, 2.24) is 0 Å². The average Bonchev–Trinajstić information content (AvgIpc) is 2.17. The largest absolute Gasteiger partial charge is 0.478 e. The van der Waals surface area contributed by atoms with Gasteiger partial charge in [0.15, 0.2) is 0 Å². The minimum Gasteiger partial charge on any atom is -0.478 e. The fourth-order valence-electron chi connectivity index (χ4n) is 1.27. The van der Waals surface area contributed by atoms with Gasteiger partial charge in [0.1, 0.15) is 6.07 Å². The molecular weight excluding hydrogens is 182 g/mol. The second-order valence-corrected chi connectivity index (χ2v) is 2.87. The highest BCUT2D eigenvalue weighted by Crippen LogP contribution is 2.18. The van der Waals surface area contributed by atoms with Crippen molar-refractivity contribution >= 4 is 5.97 Å². The summed E-state index contributed by atoms with van der Waals surface area (Å²) < 4.78 is 0. The number of hydrogen-bond donors (Lipinski definition) is 2. The number of aliphatic hydroxyl groups excluding tert-OH is 1. The van der Waals surface area contributed by atoms with Crippen LogP contribution in [0.3, 0.4) is 0 Å². The van der Waals surface area contributed by atoms with E-state index in [2.05, 4.69) is 0 Å². The maximum absolute atomic E-state index is 10.9. The summed E-state index contributed by atoms with van der Waals surface area (Å²) in [6.45, 7) is 1.28. The van der Waals surface area contributed by atoms with E-state index < -0.39 is 5.97 Å². The number of carboxylic acids is 1. The van der Waals surface area contributed by atoms with Crippen LogP contribution in [0.2, 0.25) is 0 Å². The number of carbonyl (C=O) groups is 1. The molecule has 0 unspecified atom stereocenters. The van der Waals surface area contributed by atoms with Crippen LogP contribution in [0, 0.1) is 18.3 Å². The first kappa shape index (κ1) is 10.2. The standard InChI is InChI=1S/C10H9NO3/c1-6-2-3-7(5-12)9(10(13)14)8(6)4-11/h2-3,12H,5H2,1H3,(H,13,14). The molecule has 4 nitrogen and oxygen atoms in total. The van der Waals surface area contributed by atoms with E-state index in [9.17, 15) is 4.79 Å². The van der Waals surface area contributed by atoms with Crippen LogP contribution in [-0.4, -0.2) is 16.2 Å². The molecule has 72 valence electrons. The molecule has 0 heterocycles. The molecule has 14 heavy (non-hydrogen) atoms. The molecule has 0 bridgehead atoms. The van der Waals surface area contributed by atoms with Crippen molar-refractivity contribution in [2.75, 3.05) is 0 Å². The van der Waals surface area contributed by atoms with E-state index in [1.807, 2.05) is 6.07 Å². The highest BCUT2D eigenvalue weighted by Gasteiger charge is 2.16. The van der Waals surface area contributed by atoms with Crippen LogP contribution < -0.4 is 0 Å². The van der Waals surface area contributed by atoms with Crippen LogP contribution in [0.5, 0.6) is 0 Å². The van der Waals surface area contributed by atoms with Crippen molar-refractivity contribution in [3.8, 4) is 6.07 Å². The number of aromatic carboxylic acids is 1. The van der Waals surface area contributed by atoms with Gasteiger partial charge < -0.3 is 10.2 Å². The second-order valence-electron chi connectivity index (χ2n) is 2.87. The van der Waals surface area contributed by atoms with Gasteiger partial charge >= 0.3 is 5.97 Å². The molecule has 0 saturated carbocycles. The highest BCUT2D eigenvalue weighted by atomic mass is 16.4. The van der Waals surface area contributed by atoms with Crippen molar-refractivity contribution in [3.63, 3.8) is 0 Å². The predicted octanol–water partition coefficient (Wildman–Crippen LogP) is 1.06. The number of aryl methyl sites for hydroxylation is 1. The Morgan fingerprint density at radius 3 is 2.64 bits per heavy atom. The fraction of sp³-hybridized carbons (Fsp3) is 0.200. The number of nitrogens with zero attached hydrogens (tertiary/aromatic N) is 1. The van der Waals surface area contributed by atoms with Gasteiger partial charge in [0, 0.05) is 0 Å². The lowest BCUT2D eigenvalue weighted by Gasteiger charge is -2.06. The molecule has 1 rings (SSSR count). The molecular formula is C10H9NO3. The van der Waals surface area contributed by atoms with Gasteiger partial charge in [-0.15, -0.1) is 0 Å². The maximum Gasteiger partial charge on any atom is 0.337 e. The van der Waals surface area contributed by atoms with E-state index >= 15 is 0 Å². The van der Waals surface area contributed by atoms with Crippen LogP contribution >= 0.6 is 0 Å². The summed E-state index contributed by atoms with van der Waals surface area (Å²) in [6, 6.07) is 4.96. The monoisotopic (exact) mass is 191 g/mol.